The number of aliphatic hydroxyl groups excluding tert-OH is 1. The van der Waals surface area contributed by atoms with E-state index < -0.39 is 23.8 Å². The molecule has 18 heavy (non-hydrogen) atoms. The lowest BCUT2D eigenvalue weighted by molar-refractivity contribution is 0.0320. The highest BCUT2D eigenvalue weighted by atomic mass is 16.6. The van der Waals surface area contributed by atoms with Gasteiger partial charge in [0.1, 0.15) is 11.7 Å². The van der Waals surface area contributed by atoms with E-state index in [9.17, 15) is 9.90 Å². The van der Waals surface area contributed by atoms with Crippen molar-refractivity contribution in [2.75, 3.05) is 13.7 Å². The zero-order chi connectivity index (χ0) is 14.3. The molecule has 0 radical (unpaired) electrons. The van der Waals surface area contributed by atoms with Crippen molar-refractivity contribution in [3.05, 3.63) is 17.9 Å². The summed E-state index contributed by atoms with van der Waals surface area (Å²) in [6, 6.07) is -0.598. The molecule has 0 aliphatic rings. The second-order valence-electron chi connectivity index (χ2n) is 4.95. The van der Waals surface area contributed by atoms with E-state index in [-0.39, 0.29) is 6.61 Å². The predicted molar refractivity (Wildman–Crippen MR) is 69.4 cm³/mol. The molecule has 0 saturated carbocycles. The Bertz CT molecular complexity index is 326. The average Bonchev–Trinajstić information content (AvgIpc) is 2.25. The molecule has 0 aromatic heterocycles. The molecule has 0 bridgehead atoms. The van der Waals surface area contributed by atoms with Crippen molar-refractivity contribution in [1.82, 2.24) is 5.32 Å². The summed E-state index contributed by atoms with van der Waals surface area (Å²) in [6.45, 7) is 10.3. The summed E-state index contributed by atoms with van der Waals surface area (Å²) < 4.78 is 10.3. The fraction of sp³-hybridized carbons (Fsp3) is 0.692. The monoisotopic (exact) mass is 257 g/mol. The molecule has 2 N–H and O–H groups in total. The van der Waals surface area contributed by atoms with Gasteiger partial charge in [0.15, 0.2) is 0 Å². The molecular formula is C13H23NO4. The van der Waals surface area contributed by atoms with Crippen molar-refractivity contribution in [1.29, 1.82) is 0 Å². The number of carbonyl (C=O) groups is 1. The minimum Gasteiger partial charge on any atom is -0.444 e. The number of alkyl carbamates (subject to hydrolysis) is 1. The zero-order valence-corrected chi connectivity index (χ0v) is 11.7. The number of hydrogen-bond donors (Lipinski definition) is 2. The molecule has 0 rings (SSSR count). The third kappa shape index (κ3) is 5.87. The lowest BCUT2D eigenvalue weighted by atomic mass is 10.1. The van der Waals surface area contributed by atoms with Gasteiger partial charge in [0.05, 0.1) is 12.6 Å². The number of ether oxygens (including phenoxy) is 2. The lowest BCUT2D eigenvalue weighted by Crippen LogP contribution is -2.48. The van der Waals surface area contributed by atoms with Crippen LogP contribution in [0.25, 0.3) is 0 Å². The van der Waals surface area contributed by atoms with Crippen LogP contribution in [0.4, 0.5) is 4.79 Å². The van der Waals surface area contributed by atoms with Gasteiger partial charge in [-0.25, -0.2) is 4.79 Å². The molecule has 0 aromatic carbocycles. The number of carbonyl (C=O) groups excluding carboxylic acids is 1. The Labute approximate surface area is 108 Å². The summed E-state index contributed by atoms with van der Waals surface area (Å²) in [5.41, 5.74) is 2.80. The molecule has 0 aliphatic carbocycles. The van der Waals surface area contributed by atoms with Gasteiger partial charge in [0.25, 0.3) is 0 Å². The zero-order valence-electron chi connectivity index (χ0n) is 11.7. The van der Waals surface area contributed by atoms with Gasteiger partial charge in [-0.2, -0.15) is 0 Å². The van der Waals surface area contributed by atoms with Crippen LogP contribution in [-0.4, -0.2) is 42.7 Å². The molecule has 0 fully saturated rings. The molecule has 0 heterocycles. The molecule has 0 spiro atoms. The van der Waals surface area contributed by atoms with Gasteiger partial charge in [0.2, 0.25) is 0 Å². The largest absolute Gasteiger partial charge is 0.444 e. The molecule has 0 aromatic rings. The number of methoxy groups -OCH3 is 1. The molecule has 0 saturated heterocycles. The summed E-state index contributed by atoms with van der Waals surface area (Å²) in [6.07, 6.45) is -1.08. The van der Waals surface area contributed by atoms with E-state index in [1.165, 1.54) is 7.11 Å². The third-order valence-electron chi connectivity index (χ3n) is 2.22. The van der Waals surface area contributed by atoms with Gasteiger partial charge in [-0.3, -0.25) is 0 Å². The smallest absolute Gasteiger partial charge is 0.408 e. The Morgan fingerprint density at radius 1 is 1.50 bits per heavy atom. The van der Waals surface area contributed by atoms with E-state index in [0.29, 0.717) is 5.57 Å². The topological polar surface area (TPSA) is 67.8 Å². The first-order chi connectivity index (χ1) is 8.25. The van der Waals surface area contributed by atoms with Crippen molar-refractivity contribution >= 4 is 6.09 Å². The predicted octanol–water partition coefficient (Wildman–Crippen LogP) is 1.62. The minimum absolute atomic E-state index is 0.267. The number of aliphatic hydroxyl groups is 1. The van der Waals surface area contributed by atoms with Gasteiger partial charge in [-0.05, 0) is 33.3 Å². The quantitative estimate of drug-likeness (QED) is 0.734. The molecule has 2 atom stereocenters. The van der Waals surface area contributed by atoms with Crippen LogP contribution in [0, 0.1) is 0 Å². The third-order valence-corrected chi connectivity index (χ3v) is 2.22. The first kappa shape index (κ1) is 16.7. The molecule has 5 nitrogen and oxygen atoms in total. The normalized spacial score (nSPS) is 14.3. The number of nitrogens with one attached hydrogen (secondary N) is 1. The Morgan fingerprint density at radius 3 is 2.39 bits per heavy atom. The Kier molecular flexibility index (Phi) is 6.70. The van der Waals surface area contributed by atoms with Crippen molar-refractivity contribution < 1.29 is 19.4 Å². The first-order valence-electron chi connectivity index (χ1n) is 5.75. The van der Waals surface area contributed by atoms with Crippen LogP contribution >= 0.6 is 0 Å². The van der Waals surface area contributed by atoms with Crippen molar-refractivity contribution in [2.45, 2.75) is 45.4 Å². The van der Waals surface area contributed by atoms with E-state index in [2.05, 4.69) is 17.6 Å². The van der Waals surface area contributed by atoms with Crippen LogP contribution in [0.1, 0.15) is 27.7 Å². The number of rotatable bonds is 5. The van der Waals surface area contributed by atoms with Gasteiger partial charge in [-0.1, -0.05) is 6.58 Å². The molecule has 0 unspecified atom stereocenters. The van der Waals surface area contributed by atoms with Gasteiger partial charge in [-0.15, -0.1) is 5.73 Å². The highest BCUT2D eigenvalue weighted by Gasteiger charge is 2.26. The van der Waals surface area contributed by atoms with E-state index in [4.69, 9.17) is 9.47 Å². The Morgan fingerprint density at radius 2 is 2.06 bits per heavy atom. The molecule has 0 aliphatic heterocycles. The summed E-state index contributed by atoms with van der Waals surface area (Å²) in [5, 5.41) is 11.9. The first-order valence-corrected chi connectivity index (χ1v) is 5.75. The summed E-state index contributed by atoms with van der Waals surface area (Å²) in [4.78, 5) is 11.6. The van der Waals surface area contributed by atoms with Gasteiger partial charge >= 0.3 is 6.09 Å². The Balaban J connectivity index is 4.69. The van der Waals surface area contributed by atoms with Crippen LogP contribution in [0.2, 0.25) is 0 Å². The lowest BCUT2D eigenvalue weighted by Gasteiger charge is -2.27. The average molecular weight is 257 g/mol. The summed E-state index contributed by atoms with van der Waals surface area (Å²) >= 11 is 0. The van der Waals surface area contributed by atoms with Crippen LogP contribution in [-0.2, 0) is 9.47 Å². The van der Waals surface area contributed by atoms with Crippen LogP contribution in [0.3, 0.4) is 0 Å². The van der Waals surface area contributed by atoms with E-state index in [1.54, 1.807) is 27.7 Å². The standard InChI is InChI=1S/C13H23NO4/c1-7-9(2)11(17-6)10(8-15)14-12(16)18-13(3,4)5/h10-11,15H,1,8H2,2-6H3,(H,14,16)/t10-,11+/m0/s1. The maximum atomic E-state index is 11.6. The van der Waals surface area contributed by atoms with Crippen LogP contribution in [0.5, 0.6) is 0 Å². The van der Waals surface area contributed by atoms with E-state index in [0.717, 1.165) is 0 Å². The van der Waals surface area contributed by atoms with Gasteiger partial charge in [0, 0.05) is 7.11 Å². The highest BCUT2D eigenvalue weighted by Crippen LogP contribution is 2.11. The molecule has 1 amide bonds. The fourth-order valence-corrected chi connectivity index (χ4v) is 1.42. The number of amides is 1. The Hall–Kier alpha value is -1.29. The number of hydrogen-bond acceptors (Lipinski definition) is 4. The fourth-order valence-electron chi connectivity index (χ4n) is 1.42. The van der Waals surface area contributed by atoms with Crippen molar-refractivity contribution in [3.63, 3.8) is 0 Å². The minimum atomic E-state index is -0.598. The second kappa shape index (κ2) is 7.21. The highest BCUT2D eigenvalue weighted by molar-refractivity contribution is 5.68. The van der Waals surface area contributed by atoms with E-state index >= 15 is 0 Å². The van der Waals surface area contributed by atoms with Gasteiger partial charge < -0.3 is 19.9 Å². The second-order valence-corrected chi connectivity index (χ2v) is 4.95. The molecule has 5 heteroatoms. The summed E-state index contributed by atoms with van der Waals surface area (Å²) in [7, 11) is 1.49. The van der Waals surface area contributed by atoms with Crippen molar-refractivity contribution in [2.24, 2.45) is 0 Å². The van der Waals surface area contributed by atoms with E-state index in [1.807, 2.05) is 0 Å². The SMILES string of the molecule is C=C=C(C)[C@@H](OC)[C@H](CO)NC(=O)OC(C)(C)C. The van der Waals surface area contributed by atoms with Crippen molar-refractivity contribution in [3.8, 4) is 0 Å². The van der Waals surface area contributed by atoms with Crippen LogP contribution in [0.15, 0.2) is 17.9 Å². The van der Waals surface area contributed by atoms with Crippen LogP contribution < -0.4 is 5.32 Å². The maximum absolute atomic E-state index is 11.6. The summed E-state index contributed by atoms with van der Waals surface area (Å²) in [5.74, 6) is 0. The molecular weight excluding hydrogens is 234 g/mol. The molecule has 104 valence electrons. The maximum Gasteiger partial charge on any atom is 0.408 e.